The number of aliphatic hydroxyl groups excluding tert-OH is 1. The highest BCUT2D eigenvalue weighted by atomic mass is 32.1. The first-order valence-corrected chi connectivity index (χ1v) is 5.66. The number of amides is 1. The van der Waals surface area contributed by atoms with E-state index in [9.17, 15) is 9.90 Å². The molecule has 1 aromatic rings. The van der Waals surface area contributed by atoms with Crippen molar-refractivity contribution in [3.8, 4) is 0 Å². The van der Waals surface area contributed by atoms with Crippen molar-refractivity contribution < 1.29 is 14.6 Å². The fourth-order valence-corrected chi connectivity index (χ4v) is 2.27. The number of carbonyl (C=O) groups is 1. The highest BCUT2D eigenvalue weighted by Crippen LogP contribution is 2.14. The fourth-order valence-electron chi connectivity index (χ4n) is 1.47. The minimum atomic E-state index is -0.588. The summed E-state index contributed by atoms with van der Waals surface area (Å²) in [6, 6.07) is 1.56. The van der Waals surface area contributed by atoms with E-state index in [1.54, 1.807) is 0 Å². The molecule has 2 heterocycles. The Labute approximate surface area is 91.9 Å². The summed E-state index contributed by atoms with van der Waals surface area (Å²) in [5.74, 6) is -0.136. The molecule has 0 aromatic carbocycles. The summed E-state index contributed by atoms with van der Waals surface area (Å²) < 4.78 is 5.05. The summed E-state index contributed by atoms with van der Waals surface area (Å²) in [6.07, 6.45) is -0.588. The molecule has 0 bridgehead atoms. The smallest absolute Gasteiger partial charge is 0.261 e. The third-order valence-corrected chi connectivity index (χ3v) is 3.37. The number of ether oxygens (including phenoxy) is 1. The second-order valence-corrected chi connectivity index (χ2v) is 4.58. The minimum Gasteiger partial charge on any atom is -0.388 e. The van der Waals surface area contributed by atoms with Crippen LogP contribution in [-0.2, 0) is 4.74 Å². The minimum absolute atomic E-state index is 0.136. The quantitative estimate of drug-likeness (QED) is 0.775. The summed E-state index contributed by atoms with van der Waals surface area (Å²) in [5.41, 5.74) is 1.08. The lowest BCUT2D eigenvalue weighted by Crippen LogP contribution is -2.42. The predicted molar refractivity (Wildman–Crippen MR) is 57.1 cm³/mol. The van der Waals surface area contributed by atoms with Gasteiger partial charge in [0.15, 0.2) is 0 Å². The Morgan fingerprint density at radius 2 is 2.47 bits per heavy atom. The number of hydrogen-bond donors (Lipinski definition) is 2. The maximum absolute atomic E-state index is 11.7. The molecule has 1 fully saturated rings. The van der Waals surface area contributed by atoms with Gasteiger partial charge in [0, 0.05) is 0 Å². The molecule has 0 saturated carbocycles. The van der Waals surface area contributed by atoms with Crippen molar-refractivity contribution in [1.29, 1.82) is 0 Å². The van der Waals surface area contributed by atoms with E-state index < -0.39 is 6.10 Å². The Bertz CT molecular complexity index is 363. The van der Waals surface area contributed by atoms with Gasteiger partial charge in [-0.25, -0.2) is 0 Å². The summed E-state index contributed by atoms with van der Waals surface area (Å²) in [7, 11) is 0. The highest BCUT2D eigenvalue weighted by molar-refractivity contribution is 7.12. The van der Waals surface area contributed by atoms with Crippen molar-refractivity contribution in [2.24, 2.45) is 0 Å². The lowest BCUT2D eigenvalue weighted by atomic mass is 10.2. The summed E-state index contributed by atoms with van der Waals surface area (Å²) in [4.78, 5) is 12.4. The zero-order valence-electron chi connectivity index (χ0n) is 8.40. The van der Waals surface area contributed by atoms with Crippen LogP contribution in [0.2, 0.25) is 0 Å². The van der Waals surface area contributed by atoms with Crippen molar-refractivity contribution in [2.45, 2.75) is 19.1 Å². The van der Waals surface area contributed by atoms with Crippen LogP contribution in [0.25, 0.3) is 0 Å². The number of rotatable bonds is 2. The molecule has 2 rings (SSSR count). The van der Waals surface area contributed by atoms with Gasteiger partial charge in [-0.2, -0.15) is 0 Å². The number of aryl methyl sites for hydroxylation is 1. The predicted octanol–water partition coefficient (Wildman–Crippen LogP) is 0.546. The first-order valence-electron chi connectivity index (χ1n) is 4.78. The third-order valence-electron chi connectivity index (χ3n) is 2.32. The van der Waals surface area contributed by atoms with Crippen molar-refractivity contribution in [3.63, 3.8) is 0 Å². The van der Waals surface area contributed by atoms with Gasteiger partial charge in [-0.15, -0.1) is 11.3 Å². The molecule has 1 saturated heterocycles. The number of aliphatic hydroxyl groups is 1. The van der Waals surface area contributed by atoms with E-state index in [1.165, 1.54) is 11.3 Å². The maximum atomic E-state index is 11.7. The number of nitrogens with one attached hydrogen (secondary N) is 1. The van der Waals surface area contributed by atoms with Crippen LogP contribution < -0.4 is 5.32 Å². The zero-order valence-corrected chi connectivity index (χ0v) is 9.21. The molecular formula is C10H13NO3S. The lowest BCUT2D eigenvalue weighted by Gasteiger charge is -2.13. The van der Waals surface area contributed by atoms with E-state index in [1.807, 2.05) is 18.4 Å². The van der Waals surface area contributed by atoms with Crippen LogP contribution in [0.3, 0.4) is 0 Å². The average Bonchev–Trinajstić information content (AvgIpc) is 2.77. The number of thiophene rings is 1. The van der Waals surface area contributed by atoms with Crippen molar-refractivity contribution >= 4 is 17.2 Å². The largest absolute Gasteiger partial charge is 0.388 e. The molecule has 2 atom stereocenters. The first kappa shape index (κ1) is 10.6. The molecule has 1 amide bonds. The summed E-state index contributed by atoms with van der Waals surface area (Å²) >= 11 is 1.41. The van der Waals surface area contributed by atoms with E-state index in [0.29, 0.717) is 18.1 Å². The van der Waals surface area contributed by atoms with Gasteiger partial charge in [-0.1, -0.05) is 0 Å². The molecule has 0 unspecified atom stereocenters. The van der Waals surface area contributed by atoms with E-state index in [-0.39, 0.29) is 11.9 Å². The van der Waals surface area contributed by atoms with E-state index in [4.69, 9.17) is 4.74 Å². The molecule has 1 aliphatic rings. The van der Waals surface area contributed by atoms with Crippen LogP contribution in [-0.4, -0.2) is 36.4 Å². The van der Waals surface area contributed by atoms with Gasteiger partial charge in [0.05, 0.1) is 30.2 Å². The van der Waals surface area contributed by atoms with Crippen LogP contribution in [0.15, 0.2) is 11.4 Å². The standard InChI is InChI=1S/C10H13NO3S/c1-6-2-9(15-5-6)10(13)11-7-3-14-4-8(7)12/h2,5,7-8,12H,3-4H2,1H3,(H,11,13)/t7-,8-/m1/s1. The molecule has 82 valence electrons. The van der Waals surface area contributed by atoms with Gasteiger partial charge in [-0.3, -0.25) is 4.79 Å². The van der Waals surface area contributed by atoms with Crippen molar-refractivity contribution in [2.75, 3.05) is 13.2 Å². The molecule has 15 heavy (non-hydrogen) atoms. The van der Waals surface area contributed by atoms with Crippen LogP contribution >= 0.6 is 11.3 Å². The van der Waals surface area contributed by atoms with Gasteiger partial charge in [0.1, 0.15) is 0 Å². The van der Waals surface area contributed by atoms with E-state index >= 15 is 0 Å². The van der Waals surface area contributed by atoms with Crippen molar-refractivity contribution in [1.82, 2.24) is 5.32 Å². The molecular weight excluding hydrogens is 214 g/mol. The monoisotopic (exact) mass is 227 g/mol. The van der Waals surface area contributed by atoms with Gasteiger partial charge in [0.25, 0.3) is 5.91 Å². The van der Waals surface area contributed by atoms with Crippen molar-refractivity contribution in [3.05, 3.63) is 21.9 Å². The molecule has 4 nitrogen and oxygen atoms in total. The Balaban J connectivity index is 1.97. The Morgan fingerprint density at radius 3 is 3.00 bits per heavy atom. The lowest BCUT2D eigenvalue weighted by molar-refractivity contribution is 0.0890. The third kappa shape index (κ3) is 2.37. The van der Waals surface area contributed by atoms with Crippen LogP contribution in [0.1, 0.15) is 15.2 Å². The second kappa shape index (κ2) is 4.30. The van der Waals surface area contributed by atoms with Gasteiger partial charge in [-0.05, 0) is 23.9 Å². The molecule has 0 spiro atoms. The van der Waals surface area contributed by atoms with Gasteiger partial charge in [0.2, 0.25) is 0 Å². The number of carbonyl (C=O) groups excluding carboxylic acids is 1. The van der Waals surface area contributed by atoms with Gasteiger partial charge < -0.3 is 15.2 Å². The SMILES string of the molecule is Cc1csc(C(=O)N[C@@H]2COC[C@H]2O)c1. The first-order chi connectivity index (χ1) is 7.16. The molecule has 1 aliphatic heterocycles. The average molecular weight is 227 g/mol. The normalized spacial score (nSPS) is 25.5. The van der Waals surface area contributed by atoms with Crippen LogP contribution in [0.5, 0.6) is 0 Å². The van der Waals surface area contributed by atoms with Crippen LogP contribution in [0.4, 0.5) is 0 Å². The van der Waals surface area contributed by atoms with Crippen LogP contribution in [0, 0.1) is 6.92 Å². The fraction of sp³-hybridized carbons (Fsp3) is 0.500. The van der Waals surface area contributed by atoms with E-state index in [2.05, 4.69) is 5.32 Å². The Kier molecular flexibility index (Phi) is 3.04. The summed E-state index contributed by atoms with van der Waals surface area (Å²) in [5, 5.41) is 14.1. The summed E-state index contributed by atoms with van der Waals surface area (Å²) in [6.45, 7) is 2.63. The molecule has 0 aliphatic carbocycles. The maximum Gasteiger partial charge on any atom is 0.261 e. The second-order valence-electron chi connectivity index (χ2n) is 3.67. The van der Waals surface area contributed by atoms with E-state index in [0.717, 1.165) is 5.56 Å². The Hall–Kier alpha value is -0.910. The molecule has 0 radical (unpaired) electrons. The Morgan fingerprint density at radius 1 is 1.67 bits per heavy atom. The molecule has 5 heteroatoms. The topological polar surface area (TPSA) is 58.6 Å². The molecule has 1 aromatic heterocycles. The number of hydrogen-bond acceptors (Lipinski definition) is 4. The molecule has 2 N–H and O–H groups in total. The van der Waals surface area contributed by atoms with Gasteiger partial charge >= 0.3 is 0 Å². The highest BCUT2D eigenvalue weighted by Gasteiger charge is 2.28. The zero-order chi connectivity index (χ0) is 10.8.